The van der Waals surface area contributed by atoms with Crippen LogP contribution in [0.1, 0.15) is 84.0 Å². The Kier molecular flexibility index (Phi) is 7.14. The summed E-state index contributed by atoms with van der Waals surface area (Å²) in [7, 11) is 0. The molecule has 0 amide bonds. The third kappa shape index (κ3) is 6.42. The van der Waals surface area contributed by atoms with Crippen molar-refractivity contribution in [2.24, 2.45) is 5.73 Å². The standard InChI is InChI=1S/C15H31NO/c1-2-3-4-5-6-7-8-11-15(17)12-9-10-14(16)13-15/h14,17H,2-13,16H2,1H3. The van der Waals surface area contributed by atoms with Crippen LogP contribution in [0.5, 0.6) is 0 Å². The van der Waals surface area contributed by atoms with Crippen LogP contribution in [0.3, 0.4) is 0 Å². The van der Waals surface area contributed by atoms with E-state index in [0.717, 1.165) is 32.1 Å². The molecule has 1 aliphatic rings. The molecule has 2 unspecified atom stereocenters. The first kappa shape index (κ1) is 15.0. The third-order valence-electron chi connectivity index (χ3n) is 4.10. The maximum atomic E-state index is 10.4. The van der Waals surface area contributed by atoms with Crippen molar-refractivity contribution in [2.45, 2.75) is 95.6 Å². The summed E-state index contributed by atoms with van der Waals surface area (Å²) in [4.78, 5) is 0. The predicted octanol–water partition coefficient (Wildman–Crippen LogP) is 3.76. The Bertz CT molecular complexity index is 195. The van der Waals surface area contributed by atoms with Gasteiger partial charge in [-0.1, -0.05) is 51.9 Å². The molecule has 0 spiro atoms. The fraction of sp³-hybridized carbons (Fsp3) is 1.00. The molecule has 102 valence electrons. The molecule has 2 atom stereocenters. The highest BCUT2D eigenvalue weighted by molar-refractivity contribution is 4.87. The Morgan fingerprint density at radius 2 is 1.76 bits per heavy atom. The lowest BCUT2D eigenvalue weighted by atomic mass is 9.79. The van der Waals surface area contributed by atoms with Crippen LogP contribution in [-0.4, -0.2) is 16.7 Å². The van der Waals surface area contributed by atoms with E-state index in [1.54, 1.807) is 0 Å². The molecule has 17 heavy (non-hydrogen) atoms. The van der Waals surface area contributed by atoms with Crippen molar-refractivity contribution >= 4 is 0 Å². The molecule has 1 saturated carbocycles. The average Bonchev–Trinajstić information content (AvgIpc) is 2.27. The van der Waals surface area contributed by atoms with E-state index < -0.39 is 5.60 Å². The van der Waals surface area contributed by atoms with Crippen molar-refractivity contribution in [3.05, 3.63) is 0 Å². The number of hydrogen-bond acceptors (Lipinski definition) is 2. The highest BCUT2D eigenvalue weighted by Gasteiger charge is 2.31. The summed E-state index contributed by atoms with van der Waals surface area (Å²) in [6.45, 7) is 2.25. The topological polar surface area (TPSA) is 46.2 Å². The molecule has 1 aliphatic carbocycles. The van der Waals surface area contributed by atoms with Crippen molar-refractivity contribution in [3.8, 4) is 0 Å². The Labute approximate surface area is 107 Å². The van der Waals surface area contributed by atoms with Gasteiger partial charge in [0, 0.05) is 6.04 Å². The zero-order valence-electron chi connectivity index (χ0n) is 11.6. The van der Waals surface area contributed by atoms with Crippen LogP contribution < -0.4 is 5.73 Å². The zero-order chi connectivity index (χ0) is 12.6. The van der Waals surface area contributed by atoms with Gasteiger partial charge in [0.25, 0.3) is 0 Å². The second-order valence-electron chi connectivity index (χ2n) is 5.95. The summed E-state index contributed by atoms with van der Waals surface area (Å²) in [6, 6.07) is 0.235. The van der Waals surface area contributed by atoms with Gasteiger partial charge < -0.3 is 10.8 Å². The molecule has 1 fully saturated rings. The molecule has 0 aromatic carbocycles. The minimum Gasteiger partial charge on any atom is -0.390 e. The smallest absolute Gasteiger partial charge is 0.0662 e. The van der Waals surface area contributed by atoms with E-state index in [9.17, 15) is 5.11 Å². The van der Waals surface area contributed by atoms with Crippen LogP contribution in [0.25, 0.3) is 0 Å². The minimum absolute atomic E-state index is 0.235. The largest absolute Gasteiger partial charge is 0.390 e. The van der Waals surface area contributed by atoms with Gasteiger partial charge in [0.2, 0.25) is 0 Å². The summed E-state index contributed by atoms with van der Waals surface area (Å²) < 4.78 is 0. The summed E-state index contributed by atoms with van der Waals surface area (Å²) >= 11 is 0. The number of unbranched alkanes of at least 4 members (excludes halogenated alkanes) is 6. The van der Waals surface area contributed by atoms with Gasteiger partial charge in [0.05, 0.1) is 5.60 Å². The fourth-order valence-corrected chi connectivity index (χ4v) is 3.02. The molecule has 0 saturated heterocycles. The van der Waals surface area contributed by atoms with Gasteiger partial charge >= 0.3 is 0 Å². The normalized spacial score (nSPS) is 29.5. The highest BCUT2D eigenvalue weighted by Crippen LogP contribution is 2.32. The average molecular weight is 241 g/mol. The van der Waals surface area contributed by atoms with E-state index >= 15 is 0 Å². The first-order chi connectivity index (χ1) is 8.16. The molecule has 0 heterocycles. The molecule has 0 radical (unpaired) electrons. The molecule has 0 aromatic heterocycles. The summed E-state index contributed by atoms with van der Waals surface area (Å²) in [5.41, 5.74) is 5.51. The third-order valence-corrected chi connectivity index (χ3v) is 4.10. The van der Waals surface area contributed by atoms with Crippen molar-refractivity contribution < 1.29 is 5.11 Å². The van der Waals surface area contributed by atoms with Gasteiger partial charge in [-0.25, -0.2) is 0 Å². The quantitative estimate of drug-likeness (QED) is 0.636. The molecular formula is C15H31NO. The number of nitrogens with two attached hydrogens (primary N) is 1. The van der Waals surface area contributed by atoms with Crippen LogP contribution in [0.4, 0.5) is 0 Å². The van der Waals surface area contributed by atoms with Gasteiger partial charge in [-0.05, 0) is 32.1 Å². The number of hydrogen-bond donors (Lipinski definition) is 2. The van der Waals surface area contributed by atoms with E-state index in [0.29, 0.717) is 0 Å². The van der Waals surface area contributed by atoms with E-state index in [4.69, 9.17) is 5.73 Å². The maximum absolute atomic E-state index is 10.4. The number of aliphatic hydroxyl groups is 1. The zero-order valence-corrected chi connectivity index (χ0v) is 11.6. The van der Waals surface area contributed by atoms with Gasteiger partial charge in [-0.15, -0.1) is 0 Å². The lowest BCUT2D eigenvalue weighted by Crippen LogP contribution is -2.41. The first-order valence-electron chi connectivity index (χ1n) is 7.64. The van der Waals surface area contributed by atoms with Crippen molar-refractivity contribution in [3.63, 3.8) is 0 Å². The Morgan fingerprint density at radius 1 is 1.12 bits per heavy atom. The van der Waals surface area contributed by atoms with Gasteiger partial charge in [-0.3, -0.25) is 0 Å². The van der Waals surface area contributed by atoms with Crippen molar-refractivity contribution in [2.75, 3.05) is 0 Å². The van der Waals surface area contributed by atoms with Crippen LogP contribution in [0.2, 0.25) is 0 Å². The second kappa shape index (κ2) is 8.10. The molecule has 2 heteroatoms. The molecule has 3 N–H and O–H groups in total. The molecule has 0 bridgehead atoms. The lowest BCUT2D eigenvalue weighted by Gasteiger charge is -2.35. The van der Waals surface area contributed by atoms with E-state index in [1.165, 1.54) is 44.9 Å². The van der Waals surface area contributed by atoms with Gasteiger partial charge in [0.15, 0.2) is 0 Å². The van der Waals surface area contributed by atoms with Gasteiger partial charge in [-0.2, -0.15) is 0 Å². The lowest BCUT2D eigenvalue weighted by molar-refractivity contribution is -0.0119. The molecule has 2 nitrogen and oxygen atoms in total. The molecular weight excluding hydrogens is 210 g/mol. The van der Waals surface area contributed by atoms with Crippen molar-refractivity contribution in [1.82, 2.24) is 0 Å². The van der Waals surface area contributed by atoms with E-state index in [2.05, 4.69) is 6.92 Å². The SMILES string of the molecule is CCCCCCCCCC1(O)CCCC(N)C1. The Morgan fingerprint density at radius 3 is 2.41 bits per heavy atom. The van der Waals surface area contributed by atoms with Gasteiger partial charge in [0.1, 0.15) is 0 Å². The molecule has 0 aromatic rings. The van der Waals surface area contributed by atoms with Crippen molar-refractivity contribution in [1.29, 1.82) is 0 Å². The van der Waals surface area contributed by atoms with Crippen LogP contribution in [0, 0.1) is 0 Å². The monoisotopic (exact) mass is 241 g/mol. The highest BCUT2D eigenvalue weighted by atomic mass is 16.3. The van der Waals surface area contributed by atoms with Crippen LogP contribution in [-0.2, 0) is 0 Å². The van der Waals surface area contributed by atoms with Crippen LogP contribution >= 0.6 is 0 Å². The molecule has 0 aliphatic heterocycles. The summed E-state index contributed by atoms with van der Waals surface area (Å²) in [6.07, 6.45) is 14.2. The Hall–Kier alpha value is -0.0800. The summed E-state index contributed by atoms with van der Waals surface area (Å²) in [5, 5.41) is 10.4. The van der Waals surface area contributed by atoms with E-state index in [1.807, 2.05) is 0 Å². The first-order valence-corrected chi connectivity index (χ1v) is 7.64. The van der Waals surface area contributed by atoms with E-state index in [-0.39, 0.29) is 6.04 Å². The minimum atomic E-state index is -0.429. The second-order valence-corrected chi connectivity index (χ2v) is 5.95. The number of rotatable bonds is 8. The predicted molar refractivity (Wildman–Crippen MR) is 74.0 cm³/mol. The summed E-state index contributed by atoms with van der Waals surface area (Å²) in [5.74, 6) is 0. The molecule has 1 rings (SSSR count). The Balaban J connectivity index is 2.01. The maximum Gasteiger partial charge on any atom is 0.0662 e. The fourth-order valence-electron chi connectivity index (χ4n) is 3.02. The van der Waals surface area contributed by atoms with Crippen LogP contribution in [0.15, 0.2) is 0 Å².